The Labute approximate surface area is 213 Å². The van der Waals surface area contributed by atoms with E-state index < -0.39 is 5.60 Å². The first-order valence-electron chi connectivity index (χ1n) is 11.3. The number of likely N-dealkylation sites (tertiary alicyclic amines) is 1. The highest BCUT2D eigenvalue weighted by Gasteiger charge is 2.47. The van der Waals surface area contributed by atoms with Gasteiger partial charge in [-0.05, 0) is 110 Å². The molecule has 2 atom stereocenters. The van der Waals surface area contributed by atoms with Gasteiger partial charge in [0.05, 0.1) is 5.54 Å². The molecule has 1 unspecified atom stereocenters. The summed E-state index contributed by atoms with van der Waals surface area (Å²) >= 11 is 14.0. The number of ether oxygens (including phenoxy) is 1. The summed E-state index contributed by atoms with van der Waals surface area (Å²) in [7, 11) is 0. The Bertz CT molecular complexity index is 977. The highest BCUT2D eigenvalue weighted by molar-refractivity contribution is 9.12. The van der Waals surface area contributed by atoms with Gasteiger partial charge in [-0.15, -0.1) is 0 Å². The molecule has 0 aromatic heterocycles. The highest BCUT2D eigenvalue weighted by atomic mass is 79.9. The number of halogens is 3. The molecule has 1 aromatic carbocycles. The molecule has 4 rings (SSSR count). The van der Waals surface area contributed by atoms with Crippen molar-refractivity contribution >= 4 is 49.6 Å². The molecule has 1 amide bonds. The van der Waals surface area contributed by atoms with Crippen LogP contribution in [0.25, 0.3) is 0 Å². The summed E-state index contributed by atoms with van der Waals surface area (Å²) in [6, 6.07) is 4.16. The quantitative estimate of drug-likeness (QED) is 0.375. The van der Waals surface area contributed by atoms with Crippen LogP contribution in [0.4, 0.5) is 4.79 Å². The van der Waals surface area contributed by atoms with Crippen LogP contribution in [0.2, 0.25) is 5.02 Å². The van der Waals surface area contributed by atoms with Crippen molar-refractivity contribution in [2.24, 2.45) is 5.92 Å². The maximum atomic E-state index is 12.6. The van der Waals surface area contributed by atoms with Crippen LogP contribution in [0, 0.1) is 5.92 Å². The molecular formula is C25H31Br2ClN2O2. The van der Waals surface area contributed by atoms with Crippen LogP contribution in [-0.4, -0.2) is 35.2 Å². The average Bonchev–Trinajstić information content (AvgIpc) is 2.82. The van der Waals surface area contributed by atoms with Crippen molar-refractivity contribution in [1.82, 2.24) is 10.2 Å². The number of piperidine rings is 1. The summed E-state index contributed by atoms with van der Waals surface area (Å²) in [6.07, 6.45) is 7.97. The zero-order chi connectivity index (χ0) is 23.3. The fourth-order valence-corrected chi connectivity index (χ4v) is 7.00. The predicted octanol–water partition coefficient (Wildman–Crippen LogP) is 7.30. The van der Waals surface area contributed by atoms with Gasteiger partial charge in [0.2, 0.25) is 0 Å². The fourth-order valence-electron chi connectivity index (χ4n) is 5.49. The number of nitrogens with one attached hydrogen (secondary N) is 1. The van der Waals surface area contributed by atoms with E-state index in [0.717, 1.165) is 39.7 Å². The Kier molecular flexibility index (Phi) is 6.79. The maximum absolute atomic E-state index is 12.6. The lowest BCUT2D eigenvalue weighted by Crippen LogP contribution is -2.52. The Morgan fingerprint density at radius 1 is 1.22 bits per heavy atom. The third-order valence-electron chi connectivity index (χ3n) is 6.93. The second kappa shape index (κ2) is 8.99. The zero-order valence-corrected chi connectivity index (χ0v) is 23.0. The number of amides is 1. The van der Waals surface area contributed by atoms with Gasteiger partial charge in [0.25, 0.3) is 0 Å². The lowest BCUT2D eigenvalue weighted by molar-refractivity contribution is 0.0163. The molecule has 1 aromatic rings. The lowest BCUT2D eigenvalue weighted by Gasteiger charge is -2.47. The van der Waals surface area contributed by atoms with E-state index in [1.165, 1.54) is 16.7 Å². The zero-order valence-electron chi connectivity index (χ0n) is 19.1. The van der Waals surface area contributed by atoms with Gasteiger partial charge in [-0.25, -0.2) is 4.79 Å². The van der Waals surface area contributed by atoms with Crippen molar-refractivity contribution < 1.29 is 9.53 Å². The largest absolute Gasteiger partial charge is 0.444 e. The van der Waals surface area contributed by atoms with Crippen molar-refractivity contribution in [2.75, 3.05) is 13.1 Å². The molecule has 0 spiro atoms. The summed E-state index contributed by atoms with van der Waals surface area (Å²) in [5, 5.41) is 4.51. The van der Waals surface area contributed by atoms with Crippen LogP contribution in [-0.2, 0) is 11.2 Å². The molecule has 2 aliphatic heterocycles. The van der Waals surface area contributed by atoms with E-state index in [2.05, 4.69) is 62.4 Å². The third kappa shape index (κ3) is 4.78. The fraction of sp³-hybridized carbons (Fsp3) is 0.560. The summed E-state index contributed by atoms with van der Waals surface area (Å²) in [5.74, 6) is 0.685. The SMILES string of the molecule is CC(C)(C)OC(=O)N1CCC([C@@H]2c3c(Br)cc(Cl)cc3CCC3=CC(Br)=CNC32C)CC1. The number of rotatable bonds is 1. The lowest BCUT2D eigenvalue weighted by atomic mass is 9.66. The highest BCUT2D eigenvalue weighted by Crippen LogP contribution is 2.51. The number of carbonyl (C=O) groups excluding carboxylic acids is 1. The molecular weight excluding hydrogens is 556 g/mol. The smallest absolute Gasteiger partial charge is 0.410 e. The van der Waals surface area contributed by atoms with Crippen LogP contribution in [0.1, 0.15) is 64.0 Å². The minimum Gasteiger partial charge on any atom is -0.444 e. The molecule has 32 heavy (non-hydrogen) atoms. The topological polar surface area (TPSA) is 41.6 Å². The molecule has 7 heteroatoms. The molecule has 0 saturated carbocycles. The number of hydrogen-bond acceptors (Lipinski definition) is 3. The van der Waals surface area contributed by atoms with E-state index in [-0.39, 0.29) is 17.6 Å². The van der Waals surface area contributed by atoms with Crippen molar-refractivity contribution in [1.29, 1.82) is 0 Å². The summed E-state index contributed by atoms with van der Waals surface area (Å²) in [5.41, 5.74) is 3.41. The first-order valence-corrected chi connectivity index (χ1v) is 13.2. The van der Waals surface area contributed by atoms with E-state index in [9.17, 15) is 4.79 Å². The van der Waals surface area contributed by atoms with Gasteiger partial charge in [-0.1, -0.05) is 27.5 Å². The van der Waals surface area contributed by atoms with E-state index in [0.29, 0.717) is 19.0 Å². The van der Waals surface area contributed by atoms with Gasteiger partial charge in [0, 0.05) is 39.2 Å². The summed E-state index contributed by atoms with van der Waals surface area (Å²) in [4.78, 5) is 14.5. The van der Waals surface area contributed by atoms with Crippen molar-refractivity contribution in [3.63, 3.8) is 0 Å². The van der Waals surface area contributed by atoms with Crippen LogP contribution in [0.3, 0.4) is 0 Å². The van der Waals surface area contributed by atoms with E-state index in [4.69, 9.17) is 16.3 Å². The number of dihydropyridines is 1. The molecule has 174 valence electrons. The summed E-state index contributed by atoms with van der Waals surface area (Å²) < 4.78 is 7.77. The Balaban J connectivity index is 1.67. The van der Waals surface area contributed by atoms with E-state index in [1.807, 2.05) is 31.7 Å². The first-order chi connectivity index (χ1) is 15.0. The van der Waals surface area contributed by atoms with Crippen LogP contribution >= 0.6 is 43.5 Å². The third-order valence-corrected chi connectivity index (χ3v) is 8.26. The number of fused-ring (bicyclic) bond motifs is 2. The molecule has 1 aliphatic carbocycles. The number of benzene rings is 1. The number of nitrogens with zero attached hydrogens (tertiary/aromatic N) is 1. The molecule has 2 heterocycles. The van der Waals surface area contributed by atoms with Gasteiger partial charge in [0.15, 0.2) is 0 Å². The minimum atomic E-state index is -0.475. The van der Waals surface area contributed by atoms with Gasteiger partial charge < -0.3 is 15.0 Å². The molecule has 1 fully saturated rings. The Morgan fingerprint density at radius 2 is 1.91 bits per heavy atom. The maximum Gasteiger partial charge on any atom is 0.410 e. The standard InChI is InChI=1S/C25H31Br2ClN2O2/c1-24(2,3)32-23(31)30-9-7-15(8-10-30)22-21-16(11-19(28)13-20(21)27)5-6-17-12-18(26)14-29-25(17,22)4/h11-15,22,29H,5-10H2,1-4H3/t22-,25?/m1/s1. The van der Waals surface area contributed by atoms with Gasteiger partial charge >= 0.3 is 6.09 Å². The Morgan fingerprint density at radius 3 is 2.56 bits per heavy atom. The second-order valence-electron chi connectivity index (χ2n) is 10.3. The first kappa shape index (κ1) is 24.2. The van der Waals surface area contributed by atoms with Crippen LogP contribution in [0.15, 0.2) is 38.9 Å². The Hall–Kier alpha value is -0.980. The van der Waals surface area contributed by atoms with Crippen LogP contribution < -0.4 is 5.32 Å². The molecule has 3 aliphatic rings. The molecule has 1 saturated heterocycles. The molecule has 0 bridgehead atoms. The predicted molar refractivity (Wildman–Crippen MR) is 137 cm³/mol. The molecule has 4 nitrogen and oxygen atoms in total. The van der Waals surface area contributed by atoms with Crippen LogP contribution in [0.5, 0.6) is 0 Å². The van der Waals surface area contributed by atoms with E-state index >= 15 is 0 Å². The van der Waals surface area contributed by atoms with Gasteiger partial charge in [0.1, 0.15) is 5.60 Å². The average molecular weight is 587 g/mol. The number of hydrogen-bond donors (Lipinski definition) is 1. The van der Waals surface area contributed by atoms with Crippen molar-refractivity contribution in [3.05, 3.63) is 55.1 Å². The van der Waals surface area contributed by atoms with E-state index in [1.54, 1.807) is 0 Å². The second-order valence-corrected chi connectivity index (χ2v) is 12.5. The minimum absolute atomic E-state index is 0.197. The summed E-state index contributed by atoms with van der Waals surface area (Å²) in [6.45, 7) is 9.50. The van der Waals surface area contributed by atoms with Gasteiger partial charge in [-0.3, -0.25) is 0 Å². The normalized spacial score (nSPS) is 26.2. The number of carbonyl (C=O) groups is 1. The van der Waals surface area contributed by atoms with Crippen molar-refractivity contribution in [2.45, 2.75) is 70.4 Å². The molecule has 0 radical (unpaired) electrons. The number of aryl methyl sites for hydroxylation is 1. The van der Waals surface area contributed by atoms with Gasteiger partial charge in [-0.2, -0.15) is 0 Å². The number of allylic oxidation sites excluding steroid dienone is 2. The monoisotopic (exact) mass is 584 g/mol. The molecule has 1 N–H and O–H groups in total. The van der Waals surface area contributed by atoms with Crippen molar-refractivity contribution in [3.8, 4) is 0 Å².